The van der Waals surface area contributed by atoms with Crippen molar-refractivity contribution in [2.24, 2.45) is 0 Å². The molecule has 0 saturated heterocycles. The standard InChI is InChI=1S/C23H21N3O3S/c1-2-12-29-18-6-3-5-17(14-18)25-21-20(19-7-4-13-30-19)22(27)26(23(21)28)15-16-8-10-24-11-9-16/h3-11,13-14,25H,2,12,15H2,1H3. The third-order valence-electron chi connectivity index (χ3n) is 4.60. The lowest BCUT2D eigenvalue weighted by atomic mass is 10.2. The minimum absolute atomic E-state index is 0.194. The maximum absolute atomic E-state index is 13.2. The summed E-state index contributed by atoms with van der Waals surface area (Å²) in [5.74, 6) is 0.0609. The van der Waals surface area contributed by atoms with Gasteiger partial charge in [-0.2, -0.15) is 0 Å². The third kappa shape index (κ3) is 4.11. The molecule has 7 heteroatoms. The van der Waals surface area contributed by atoms with E-state index in [0.29, 0.717) is 23.6 Å². The number of nitrogens with one attached hydrogen (secondary N) is 1. The van der Waals surface area contributed by atoms with Crippen molar-refractivity contribution in [3.05, 3.63) is 82.4 Å². The fraction of sp³-hybridized carbons (Fsp3) is 0.174. The Morgan fingerprint density at radius 1 is 1.07 bits per heavy atom. The minimum Gasteiger partial charge on any atom is -0.494 e. The Bertz CT molecular complexity index is 1080. The SMILES string of the molecule is CCCOc1cccc(NC2=C(c3cccs3)C(=O)N(Cc3ccncc3)C2=O)c1. The van der Waals surface area contributed by atoms with Gasteiger partial charge in [0.15, 0.2) is 0 Å². The van der Waals surface area contributed by atoms with Crippen LogP contribution in [0.2, 0.25) is 0 Å². The number of imide groups is 1. The molecule has 0 atom stereocenters. The van der Waals surface area contributed by atoms with Crippen LogP contribution in [0.3, 0.4) is 0 Å². The summed E-state index contributed by atoms with van der Waals surface area (Å²) in [5, 5.41) is 5.07. The van der Waals surface area contributed by atoms with E-state index in [2.05, 4.69) is 10.3 Å². The number of anilines is 1. The van der Waals surface area contributed by atoms with Crippen LogP contribution in [-0.2, 0) is 16.1 Å². The molecule has 1 N–H and O–H groups in total. The highest BCUT2D eigenvalue weighted by atomic mass is 32.1. The van der Waals surface area contributed by atoms with E-state index >= 15 is 0 Å². The first-order valence-electron chi connectivity index (χ1n) is 9.70. The number of benzene rings is 1. The maximum atomic E-state index is 13.2. The fourth-order valence-corrected chi connectivity index (χ4v) is 3.95. The molecule has 1 aromatic carbocycles. The Morgan fingerprint density at radius 3 is 2.63 bits per heavy atom. The predicted molar refractivity (Wildman–Crippen MR) is 117 cm³/mol. The molecule has 152 valence electrons. The molecule has 6 nitrogen and oxygen atoms in total. The van der Waals surface area contributed by atoms with Crippen LogP contribution in [0.4, 0.5) is 5.69 Å². The van der Waals surface area contributed by atoms with Gasteiger partial charge in [-0.1, -0.05) is 19.1 Å². The second-order valence-electron chi connectivity index (χ2n) is 6.78. The Labute approximate surface area is 178 Å². The summed E-state index contributed by atoms with van der Waals surface area (Å²) in [6.07, 6.45) is 4.20. The number of amides is 2. The van der Waals surface area contributed by atoms with Crippen molar-refractivity contribution in [3.8, 4) is 5.75 Å². The monoisotopic (exact) mass is 419 g/mol. The molecule has 0 fully saturated rings. The molecule has 1 aliphatic rings. The van der Waals surface area contributed by atoms with Crippen molar-refractivity contribution in [1.29, 1.82) is 0 Å². The number of carbonyl (C=O) groups excluding carboxylic acids is 2. The van der Waals surface area contributed by atoms with Gasteiger partial charge in [0, 0.05) is 29.0 Å². The van der Waals surface area contributed by atoms with E-state index in [-0.39, 0.29) is 24.1 Å². The first kappa shape index (κ1) is 19.8. The highest BCUT2D eigenvalue weighted by Gasteiger charge is 2.39. The van der Waals surface area contributed by atoms with Gasteiger partial charge in [0.25, 0.3) is 11.8 Å². The van der Waals surface area contributed by atoms with Gasteiger partial charge in [-0.15, -0.1) is 11.3 Å². The van der Waals surface area contributed by atoms with Crippen LogP contribution >= 0.6 is 11.3 Å². The normalized spacial score (nSPS) is 13.8. The van der Waals surface area contributed by atoms with Crippen LogP contribution in [0.1, 0.15) is 23.8 Å². The van der Waals surface area contributed by atoms with E-state index in [1.54, 1.807) is 24.5 Å². The summed E-state index contributed by atoms with van der Waals surface area (Å²) in [6, 6.07) is 14.7. The van der Waals surface area contributed by atoms with E-state index in [0.717, 1.165) is 16.9 Å². The largest absolute Gasteiger partial charge is 0.494 e. The number of nitrogens with zero attached hydrogens (tertiary/aromatic N) is 2. The second-order valence-corrected chi connectivity index (χ2v) is 7.73. The number of thiophene rings is 1. The van der Waals surface area contributed by atoms with Gasteiger partial charge in [0.1, 0.15) is 11.4 Å². The number of hydrogen-bond acceptors (Lipinski definition) is 6. The number of aromatic nitrogens is 1. The molecular weight excluding hydrogens is 398 g/mol. The lowest BCUT2D eigenvalue weighted by Crippen LogP contribution is -2.31. The summed E-state index contributed by atoms with van der Waals surface area (Å²) in [4.78, 5) is 32.4. The summed E-state index contributed by atoms with van der Waals surface area (Å²) >= 11 is 1.43. The smallest absolute Gasteiger partial charge is 0.278 e. The fourth-order valence-electron chi connectivity index (χ4n) is 3.18. The molecule has 2 amide bonds. The summed E-state index contributed by atoms with van der Waals surface area (Å²) in [6.45, 7) is 2.85. The van der Waals surface area contributed by atoms with Crippen LogP contribution < -0.4 is 10.1 Å². The lowest BCUT2D eigenvalue weighted by Gasteiger charge is -2.15. The topological polar surface area (TPSA) is 71.5 Å². The highest BCUT2D eigenvalue weighted by Crippen LogP contribution is 2.34. The molecule has 0 unspecified atom stereocenters. The molecule has 0 bridgehead atoms. The zero-order chi connectivity index (χ0) is 20.9. The number of ether oxygens (including phenoxy) is 1. The van der Waals surface area contributed by atoms with Crippen LogP contribution in [-0.4, -0.2) is 28.3 Å². The van der Waals surface area contributed by atoms with Gasteiger partial charge in [-0.05, 0) is 47.7 Å². The lowest BCUT2D eigenvalue weighted by molar-refractivity contribution is -0.137. The number of pyridine rings is 1. The van der Waals surface area contributed by atoms with Crippen molar-refractivity contribution >= 4 is 34.4 Å². The molecule has 3 heterocycles. The van der Waals surface area contributed by atoms with Gasteiger partial charge < -0.3 is 10.1 Å². The third-order valence-corrected chi connectivity index (χ3v) is 5.49. The minimum atomic E-state index is -0.347. The first-order valence-corrected chi connectivity index (χ1v) is 10.6. The average molecular weight is 420 g/mol. The summed E-state index contributed by atoms with van der Waals surface area (Å²) in [7, 11) is 0. The Kier molecular flexibility index (Phi) is 5.90. The Hall–Kier alpha value is -3.45. The predicted octanol–water partition coefficient (Wildman–Crippen LogP) is 4.32. The number of hydrogen-bond donors (Lipinski definition) is 1. The zero-order valence-corrected chi connectivity index (χ0v) is 17.3. The second kappa shape index (κ2) is 8.92. The molecule has 4 rings (SSSR count). The van der Waals surface area contributed by atoms with Crippen LogP contribution in [0.25, 0.3) is 5.57 Å². The Balaban J connectivity index is 1.66. The zero-order valence-electron chi connectivity index (χ0n) is 16.5. The molecule has 2 aromatic heterocycles. The van der Waals surface area contributed by atoms with Crippen molar-refractivity contribution in [2.45, 2.75) is 19.9 Å². The Morgan fingerprint density at radius 2 is 1.90 bits per heavy atom. The van der Waals surface area contributed by atoms with Gasteiger partial charge >= 0.3 is 0 Å². The summed E-state index contributed by atoms with van der Waals surface area (Å²) < 4.78 is 5.69. The number of rotatable bonds is 8. The molecule has 1 aliphatic heterocycles. The average Bonchev–Trinajstić information content (AvgIpc) is 3.37. The molecule has 0 aliphatic carbocycles. The van der Waals surface area contributed by atoms with Crippen molar-refractivity contribution in [2.75, 3.05) is 11.9 Å². The summed E-state index contributed by atoms with van der Waals surface area (Å²) in [5.41, 5.74) is 2.21. The van der Waals surface area contributed by atoms with E-state index in [1.165, 1.54) is 16.2 Å². The van der Waals surface area contributed by atoms with E-state index in [4.69, 9.17) is 4.74 Å². The maximum Gasteiger partial charge on any atom is 0.278 e. The van der Waals surface area contributed by atoms with Gasteiger partial charge in [-0.3, -0.25) is 19.5 Å². The number of carbonyl (C=O) groups is 2. The van der Waals surface area contributed by atoms with E-state index in [9.17, 15) is 9.59 Å². The molecule has 0 radical (unpaired) electrons. The molecule has 3 aromatic rings. The van der Waals surface area contributed by atoms with Gasteiger partial charge in [-0.25, -0.2) is 0 Å². The van der Waals surface area contributed by atoms with Crippen LogP contribution in [0, 0.1) is 0 Å². The van der Waals surface area contributed by atoms with Crippen molar-refractivity contribution in [1.82, 2.24) is 9.88 Å². The molecule has 30 heavy (non-hydrogen) atoms. The van der Waals surface area contributed by atoms with Crippen molar-refractivity contribution in [3.63, 3.8) is 0 Å². The highest BCUT2D eigenvalue weighted by molar-refractivity contribution is 7.11. The van der Waals surface area contributed by atoms with Crippen LogP contribution in [0.15, 0.2) is 72.0 Å². The molecular formula is C23H21N3O3S. The van der Waals surface area contributed by atoms with Crippen molar-refractivity contribution < 1.29 is 14.3 Å². The van der Waals surface area contributed by atoms with Gasteiger partial charge in [0.05, 0.1) is 18.7 Å². The van der Waals surface area contributed by atoms with E-state index < -0.39 is 0 Å². The quantitative estimate of drug-likeness (QED) is 0.551. The van der Waals surface area contributed by atoms with Gasteiger partial charge in [0.2, 0.25) is 0 Å². The van der Waals surface area contributed by atoms with E-state index in [1.807, 2.05) is 48.7 Å². The molecule has 0 spiro atoms. The first-order chi connectivity index (χ1) is 14.7. The molecule has 0 saturated carbocycles. The van der Waals surface area contributed by atoms with Crippen LogP contribution in [0.5, 0.6) is 5.75 Å².